The number of nitrogens with zero attached hydrogens (tertiary/aromatic N) is 2. The summed E-state index contributed by atoms with van der Waals surface area (Å²) in [5.74, 6) is -0.324. The Labute approximate surface area is 128 Å². The largest absolute Gasteiger partial charge is 0.463 e. The molecule has 0 saturated carbocycles. The lowest BCUT2D eigenvalue weighted by Gasteiger charge is -2.04. The normalized spacial score (nSPS) is 11.1. The smallest absolute Gasteiger partial charge is 0.330 e. The zero-order chi connectivity index (χ0) is 15.4. The van der Waals surface area contributed by atoms with E-state index in [1.807, 2.05) is 48.8 Å². The molecule has 0 fully saturated rings. The summed E-state index contributed by atoms with van der Waals surface area (Å²) >= 11 is 0. The van der Waals surface area contributed by atoms with Gasteiger partial charge in [-0.05, 0) is 48.9 Å². The first-order valence-corrected chi connectivity index (χ1v) is 7.14. The van der Waals surface area contributed by atoms with Crippen LogP contribution in [0.3, 0.4) is 0 Å². The fraction of sp³-hybridized carbons (Fsp3) is 0.111. The Morgan fingerprint density at radius 1 is 1.32 bits per heavy atom. The summed E-state index contributed by atoms with van der Waals surface area (Å²) < 4.78 is 6.96. The zero-order valence-electron chi connectivity index (χ0n) is 12.3. The van der Waals surface area contributed by atoms with Gasteiger partial charge in [-0.25, -0.2) is 4.79 Å². The van der Waals surface area contributed by atoms with Crippen LogP contribution in [-0.4, -0.2) is 22.1 Å². The maximum atomic E-state index is 11.3. The highest BCUT2D eigenvalue weighted by molar-refractivity contribution is 5.89. The third-order valence-corrected chi connectivity index (χ3v) is 3.34. The molecule has 0 bridgehead atoms. The van der Waals surface area contributed by atoms with E-state index in [1.165, 1.54) is 6.08 Å². The van der Waals surface area contributed by atoms with Gasteiger partial charge in [0.1, 0.15) is 0 Å². The van der Waals surface area contributed by atoms with Crippen LogP contribution in [0.4, 0.5) is 0 Å². The molecule has 0 amide bonds. The minimum absolute atomic E-state index is 0.324. The first-order chi connectivity index (χ1) is 10.8. The summed E-state index contributed by atoms with van der Waals surface area (Å²) in [6.07, 6.45) is 8.81. The predicted molar refractivity (Wildman–Crippen MR) is 86.7 cm³/mol. The van der Waals surface area contributed by atoms with Gasteiger partial charge in [-0.1, -0.05) is 6.07 Å². The predicted octanol–water partition coefficient (Wildman–Crippen LogP) is 3.60. The highest BCUT2D eigenvalue weighted by atomic mass is 16.5. The number of carbonyl (C=O) groups excluding carboxylic acids is 1. The molecule has 0 aliphatic heterocycles. The Morgan fingerprint density at radius 3 is 3.00 bits per heavy atom. The van der Waals surface area contributed by atoms with Crippen LogP contribution >= 0.6 is 0 Å². The van der Waals surface area contributed by atoms with Gasteiger partial charge in [0.15, 0.2) is 0 Å². The van der Waals surface area contributed by atoms with Crippen LogP contribution in [0.2, 0.25) is 0 Å². The van der Waals surface area contributed by atoms with E-state index in [4.69, 9.17) is 4.74 Å². The van der Waals surface area contributed by atoms with E-state index in [0.29, 0.717) is 6.61 Å². The molecule has 4 heteroatoms. The van der Waals surface area contributed by atoms with E-state index in [1.54, 1.807) is 19.2 Å². The highest BCUT2D eigenvalue weighted by Gasteiger charge is 2.03. The van der Waals surface area contributed by atoms with Crippen molar-refractivity contribution < 1.29 is 9.53 Å². The summed E-state index contributed by atoms with van der Waals surface area (Å²) in [7, 11) is 0. The zero-order valence-corrected chi connectivity index (χ0v) is 12.3. The van der Waals surface area contributed by atoms with Crippen molar-refractivity contribution in [3.8, 4) is 5.69 Å². The second-order valence-corrected chi connectivity index (χ2v) is 4.80. The molecule has 2 aromatic heterocycles. The number of aromatic nitrogens is 2. The number of fused-ring (bicyclic) bond motifs is 1. The SMILES string of the molecule is CCOC(=O)C=Cc1ccc2c(ccn2-c2cccnc2)c1. The fourth-order valence-corrected chi connectivity index (χ4v) is 2.34. The first kappa shape index (κ1) is 14.1. The molecule has 1 aromatic carbocycles. The van der Waals surface area contributed by atoms with E-state index in [-0.39, 0.29) is 5.97 Å². The molecular weight excluding hydrogens is 276 g/mol. The van der Waals surface area contributed by atoms with Crippen molar-refractivity contribution in [3.63, 3.8) is 0 Å². The van der Waals surface area contributed by atoms with Crippen molar-refractivity contribution in [2.24, 2.45) is 0 Å². The lowest BCUT2D eigenvalue weighted by molar-refractivity contribution is -0.137. The second-order valence-electron chi connectivity index (χ2n) is 4.80. The maximum Gasteiger partial charge on any atom is 0.330 e. The number of benzene rings is 1. The van der Waals surface area contributed by atoms with Crippen LogP contribution in [0.25, 0.3) is 22.7 Å². The first-order valence-electron chi connectivity index (χ1n) is 7.14. The molecule has 4 nitrogen and oxygen atoms in total. The third kappa shape index (κ3) is 2.91. The van der Waals surface area contributed by atoms with Crippen molar-refractivity contribution in [1.82, 2.24) is 9.55 Å². The topological polar surface area (TPSA) is 44.1 Å². The van der Waals surface area contributed by atoms with Crippen molar-refractivity contribution in [3.05, 3.63) is 66.6 Å². The molecule has 0 aliphatic rings. The quantitative estimate of drug-likeness (QED) is 0.545. The Hall–Kier alpha value is -2.88. The average molecular weight is 292 g/mol. The van der Waals surface area contributed by atoms with Gasteiger partial charge < -0.3 is 9.30 Å². The minimum atomic E-state index is -0.324. The number of hydrogen-bond acceptors (Lipinski definition) is 3. The van der Waals surface area contributed by atoms with Gasteiger partial charge in [-0.15, -0.1) is 0 Å². The maximum absolute atomic E-state index is 11.3. The molecule has 0 spiro atoms. The summed E-state index contributed by atoms with van der Waals surface area (Å²) in [5, 5.41) is 1.11. The molecule has 3 rings (SSSR count). The van der Waals surface area contributed by atoms with Crippen LogP contribution < -0.4 is 0 Å². The summed E-state index contributed by atoms with van der Waals surface area (Å²) in [6, 6.07) is 12.0. The molecule has 0 atom stereocenters. The monoisotopic (exact) mass is 292 g/mol. The molecular formula is C18H16N2O2. The van der Waals surface area contributed by atoms with Crippen LogP contribution in [0.5, 0.6) is 0 Å². The van der Waals surface area contributed by atoms with Crippen LogP contribution in [0, 0.1) is 0 Å². The van der Waals surface area contributed by atoms with E-state index >= 15 is 0 Å². The summed E-state index contributed by atoms with van der Waals surface area (Å²) in [4.78, 5) is 15.5. The highest BCUT2D eigenvalue weighted by Crippen LogP contribution is 2.21. The molecule has 22 heavy (non-hydrogen) atoms. The standard InChI is InChI=1S/C18H16N2O2/c1-2-22-18(21)8-6-14-5-7-17-15(12-14)9-11-20(17)16-4-3-10-19-13-16/h3-13H,2H2,1H3. The lowest BCUT2D eigenvalue weighted by Crippen LogP contribution is -1.98. The Morgan fingerprint density at radius 2 is 2.23 bits per heavy atom. The van der Waals surface area contributed by atoms with Gasteiger partial charge in [0.05, 0.1) is 24.0 Å². The number of carbonyl (C=O) groups is 1. The molecule has 0 saturated heterocycles. The van der Waals surface area contributed by atoms with Gasteiger partial charge in [-0.3, -0.25) is 4.98 Å². The summed E-state index contributed by atoms with van der Waals surface area (Å²) in [6.45, 7) is 2.18. The minimum Gasteiger partial charge on any atom is -0.463 e. The van der Waals surface area contributed by atoms with Gasteiger partial charge in [-0.2, -0.15) is 0 Å². The van der Waals surface area contributed by atoms with Crippen molar-refractivity contribution in [1.29, 1.82) is 0 Å². The Bertz CT molecular complexity index is 819. The van der Waals surface area contributed by atoms with Gasteiger partial charge in [0.2, 0.25) is 0 Å². The molecule has 0 N–H and O–H groups in total. The lowest BCUT2D eigenvalue weighted by atomic mass is 10.1. The van der Waals surface area contributed by atoms with E-state index < -0.39 is 0 Å². The third-order valence-electron chi connectivity index (χ3n) is 3.34. The number of pyridine rings is 1. The molecule has 0 radical (unpaired) electrons. The van der Waals surface area contributed by atoms with Crippen LogP contribution in [0.15, 0.2) is 61.1 Å². The van der Waals surface area contributed by atoms with E-state index in [0.717, 1.165) is 22.2 Å². The average Bonchev–Trinajstić information content (AvgIpc) is 2.97. The number of ether oxygens (including phenoxy) is 1. The Kier molecular flexibility index (Phi) is 4.01. The molecule has 2 heterocycles. The fourth-order valence-electron chi connectivity index (χ4n) is 2.34. The molecule has 0 aliphatic carbocycles. The molecule has 0 unspecified atom stereocenters. The van der Waals surface area contributed by atoms with Crippen molar-refractivity contribution >= 4 is 22.9 Å². The van der Waals surface area contributed by atoms with Crippen molar-refractivity contribution in [2.45, 2.75) is 6.92 Å². The number of esters is 1. The van der Waals surface area contributed by atoms with Gasteiger partial charge >= 0.3 is 5.97 Å². The Balaban J connectivity index is 1.91. The second kappa shape index (κ2) is 6.26. The van der Waals surface area contributed by atoms with Gasteiger partial charge in [0.25, 0.3) is 0 Å². The van der Waals surface area contributed by atoms with E-state index in [9.17, 15) is 4.79 Å². The van der Waals surface area contributed by atoms with Gasteiger partial charge in [0, 0.05) is 23.9 Å². The van der Waals surface area contributed by atoms with Crippen molar-refractivity contribution in [2.75, 3.05) is 6.61 Å². The molecule has 110 valence electrons. The number of hydrogen-bond donors (Lipinski definition) is 0. The number of rotatable bonds is 4. The molecule has 3 aromatic rings. The van der Waals surface area contributed by atoms with E-state index in [2.05, 4.69) is 9.55 Å². The van der Waals surface area contributed by atoms with Crippen LogP contribution in [-0.2, 0) is 9.53 Å². The summed E-state index contributed by atoms with van der Waals surface area (Å²) in [5.41, 5.74) is 3.08. The van der Waals surface area contributed by atoms with Crippen LogP contribution in [0.1, 0.15) is 12.5 Å².